The van der Waals surface area contributed by atoms with E-state index in [1.165, 1.54) is 0 Å². The summed E-state index contributed by atoms with van der Waals surface area (Å²) in [7, 11) is 0. The minimum absolute atomic E-state index is 0.134. The molecule has 2 heterocycles. The van der Waals surface area contributed by atoms with Crippen molar-refractivity contribution in [2.75, 3.05) is 13.1 Å². The van der Waals surface area contributed by atoms with E-state index < -0.39 is 24.4 Å². The molecule has 2 aliphatic rings. The normalized spacial score (nSPS) is 45.3. The minimum Gasteiger partial charge on any atom is -0.388 e. The number of nitrogens with two attached hydrogens (primary N) is 1. The molecule has 6 N–H and O–H groups in total. The monoisotopic (exact) mass is 217 g/mol. The topological polar surface area (TPSA) is 117 Å². The van der Waals surface area contributed by atoms with Crippen molar-refractivity contribution in [3.63, 3.8) is 0 Å². The molecule has 2 aliphatic heterocycles. The van der Waals surface area contributed by atoms with Gasteiger partial charge in [0.15, 0.2) is 0 Å². The van der Waals surface area contributed by atoms with E-state index in [9.17, 15) is 15.0 Å². The summed E-state index contributed by atoms with van der Waals surface area (Å²) in [5.74, 6) is 0. The first-order valence-corrected chi connectivity index (χ1v) is 4.89. The van der Waals surface area contributed by atoms with Crippen molar-refractivity contribution in [2.24, 2.45) is 5.73 Å². The fraction of sp³-hybridized carbons (Fsp3) is 0.875. The lowest BCUT2D eigenvalue weighted by Gasteiger charge is -2.45. The van der Waals surface area contributed by atoms with Gasteiger partial charge in [0.25, 0.3) is 0 Å². The molecule has 0 aliphatic carbocycles. The van der Waals surface area contributed by atoms with Crippen LogP contribution in [0.3, 0.4) is 0 Å². The first kappa shape index (κ1) is 10.6. The zero-order chi connectivity index (χ0) is 11.0. The lowest BCUT2D eigenvalue weighted by molar-refractivity contribution is -0.180. The SMILES string of the molecule is NCC1O[C@H]2CNC(=O)N[C@H]2C(O)C1O. The summed E-state index contributed by atoms with van der Waals surface area (Å²) in [6.45, 7) is 0.451. The van der Waals surface area contributed by atoms with Crippen LogP contribution in [-0.4, -0.2) is 59.8 Å². The Balaban J connectivity index is 2.11. The number of aliphatic hydroxyl groups is 2. The fourth-order valence-corrected chi connectivity index (χ4v) is 1.99. The number of ether oxygens (including phenoxy) is 1. The van der Waals surface area contributed by atoms with Gasteiger partial charge in [0.2, 0.25) is 0 Å². The number of aliphatic hydroxyl groups excluding tert-OH is 2. The zero-order valence-corrected chi connectivity index (χ0v) is 8.09. The molecule has 0 bridgehead atoms. The predicted molar refractivity (Wildman–Crippen MR) is 50.1 cm³/mol. The molecule has 3 unspecified atom stereocenters. The van der Waals surface area contributed by atoms with E-state index in [-0.39, 0.29) is 18.7 Å². The van der Waals surface area contributed by atoms with Gasteiger partial charge >= 0.3 is 6.03 Å². The van der Waals surface area contributed by atoms with E-state index in [2.05, 4.69) is 10.6 Å². The summed E-state index contributed by atoms with van der Waals surface area (Å²) in [6, 6.07) is -0.936. The maximum atomic E-state index is 11.0. The first-order valence-electron chi connectivity index (χ1n) is 4.89. The van der Waals surface area contributed by atoms with Crippen molar-refractivity contribution in [3.8, 4) is 0 Å². The summed E-state index contributed by atoms with van der Waals surface area (Å²) in [6.07, 6.45) is -3.04. The minimum atomic E-state index is -1.06. The van der Waals surface area contributed by atoms with Crippen LogP contribution >= 0.6 is 0 Å². The maximum Gasteiger partial charge on any atom is 0.315 e. The van der Waals surface area contributed by atoms with Gasteiger partial charge < -0.3 is 31.3 Å². The Kier molecular flexibility index (Phi) is 2.79. The molecule has 7 heteroatoms. The molecule has 2 amide bonds. The summed E-state index contributed by atoms with van der Waals surface area (Å²) in [5.41, 5.74) is 5.40. The van der Waals surface area contributed by atoms with Crippen LogP contribution in [0.4, 0.5) is 4.79 Å². The first-order chi connectivity index (χ1) is 7.13. The van der Waals surface area contributed by atoms with Gasteiger partial charge in [-0.15, -0.1) is 0 Å². The van der Waals surface area contributed by atoms with Crippen molar-refractivity contribution >= 4 is 6.03 Å². The summed E-state index contributed by atoms with van der Waals surface area (Å²) in [4.78, 5) is 11.0. The largest absolute Gasteiger partial charge is 0.388 e. The second-order valence-electron chi connectivity index (χ2n) is 3.81. The van der Waals surface area contributed by atoms with Gasteiger partial charge in [-0.05, 0) is 0 Å². The van der Waals surface area contributed by atoms with Gasteiger partial charge in [0, 0.05) is 13.1 Å². The number of rotatable bonds is 1. The molecular weight excluding hydrogens is 202 g/mol. The molecule has 86 valence electrons. The van der Waals surface area contributed by atoms with Crippen LogP contribution in [0.5, 0.6) is 0 Å². The highest BCUT2D eigenvalue weighted by Crippen LogP contribution is 2.21. The van der Waals surface area contributed by atoms with Crippen LogP contribution in [-0.2, 0) is 4.74 Å². The van der Waals surface area contributed by atoms with Gasteiger partial charge in [-0.1, -0.05) is 0 Å². The molecule has 0 spiro atoms. The molecule has 0 aromatic heterocycles. The number of hydrogen-bond donors (Lipinski definition) is 5. The number of amides is 2. The van der Waals surface area contributed by atoms with Crippen molar-refractivity contribution < 1.29 is 19.7 Å². The Hall–Kier alpha value is -0.890. The number of hydrogen-bond acceptors (Lipinski definition) is 5. The summed E-state index contributed by atoms with van der Waals surface area (Å²) >= 11 is 0. The highest BCUT2D eigenvalue weighted by atomic mass is 16.5. The highest BCUT2D eigenvalue weighted by Gasteiger charge is 2.46. The lowest BCUT2D eigenvalue weighted by atomic mass is 9.91. The Bertz CT molecular complexity index is 260. The lowest BCUT2D eigenvalue weighted by Crippen LogP contribution is -2.70. The van der Waals surface area contributed by atoms with Crippen LogP contribution in [0.2, 0.25) is 0 Å². The third-order valence-electron chi connectivity index (χ3n) is 2.84. The molecule has 7 nitrogen and oxygen atoms in total. The van der Waals surface area contributed by atoms with Crippen molar-refractivity contribution in [3.05, 3.63) is 0 Å². The molecule has 0 aromatic rings. The summed E-state index contributed by atoms with van der Waals surface area (Å²) < 4.78 is 5.46. The average Bonchev–Trinajstić information content (AvgIpc) is 2.24. The van der Waals surface area contributed by atoms with E-state index in [1.54, 1.807) is 0 Å². The number of fused-ring (bicyclic) bond motifs is 1. The molecule has 15 heavy (non-hydrogen) atoms. The van der Waals surface area contributed by atoms with Crippen molar-refractivity contribution in [1.29, 1.82) is 0 Å². The van der Waals surface area contributed by atoms with Crippen LogP contribution in [0.25, 0.3) is 0 Å². The van der Waals surface area contributed by atoms with E-state index in [0.29, 0.717) is 6.54 Å². The molecule has 2 saturated heterocycles. The van der Waals surface area contributed by atoms with Crippen molar-refractivity contribution in [1.82, 2.24) is 10.6 Å². The van der Waals surface area contributed by atoms with Gasteiger partial charge in [0.05, 0.1) is 18.2 Å². The Morgan fingerprint density at radius 2 is 2.20 bits per heavy atom. The smallest absolute Gasteiger partial charge is 0.315 e. The third kappa shape index (κ3) is 1.78. The van der Waals surface area contributed by atoms with Crippen LogP contribution < -0.4 is 16.4 Å². The van der Waals surface area contributed by atoms with E-state index in [1.807, 2.05) is 0 Å². The highest BCUT2D eigenvalue weighted by molar-refractivity contribution is 5.75. The summed E-state index contributed by atoms with van der Waals surface area (Å²) in [5, 5.41) is 24.5. The quantitative estimate of drug-likeness (QED) is 0.323. The number of nitrogens with one attached hydrogen (secondary N) is 2. The molecule has 0 saturated carbocycles. The molecule has 2 rings (SSSR count). The number of carbonyl (C=O) groups excluding carboxylic acids is 1. The van der Waals surface area contributed by atoms with E-state index in [0.717, 1.165) is 0 Å². The second kappa shape index (κ2) is 3.93. The van der Waals surface area contributed by atoms with Gasteiger partial charge in [-0.3, -0.25) is 0 Å². The standard InChI is InChI=1S/C8H15N3O4/c9-1-3-6(12)7(13)5-4(15-3)2-10-8(14)11-5/h3-7,12-13H,1-2,9H2,(H2,10,11,14)/t3?,4-,5+,6?,7?/m0/s1. The van der Waals surface area contributed by atoms with Gasteiger partial charge in [-0.25, -0.2) is 4.79 Å². The van der Waals surface area contributed by atoms with E-state index >= 15 is 0 Å². The fourth-order valence-electron chi connectivity index (χ4n) is 1.99. The second-order valence-corrected chi connectivity index (χ2v) is 3.81. The number of carbonyl (C=O) groups is 1. The Labute approximate surface area is 86.6 Å². The van der Waals surface area contributed by atoms with Crippen LogP contribution in [0.15, 0.2) is 0 Å². The van der Waals surface area contributed by atoms with Crippen LogP contribution in [0.1, 0.15) is 0 Å². The maximum absolute atomic E-state index is 11.0. The van der Waals surface area contributed by atoms with Gasteiger partial charge in [-0.2, -0.15) is 0 Å². The predicted octanol–water partition coefficient (Wildman–Crippen LogP) is -2.88. The molecule has 5 atom stereocenters. The molecule has 0 radical (unpaired) electrons. The van der Waals surface area contributed by atoms with Gasteiger partial charge in [0.1, 0.15) is 12.2 Å². The Morgan fingerprint density at radius 1 is 1.47 bits per heavy atom. The van der Waals surface area contributed by atoms with Crippen molar-refractivity contribution in [2.45, 2.75) is 30.5 Å². The van der Waals surface area contributed by atoms with Crippen LogP contribution in [0, 0.1) is 0 Å². The molecule has 0 aromatic carbocycles. The van der Waals surface area contributed by atoms with E-state index in [4.69, 9.17) is 10.5 Å². The Morgan fingerprint density at radius 3 is 2.87 bits per heavy atom. The molecule has 2 fully saturated rings. The average molecular weight is 217 g/mol. The molecular formula is C8H15N3O4. The third-order valence-corrected chi connectivity index (χ3v) is 2.84. The number of urea groups is 1. The zero-order valence-electron chi connectivity index (χ0n) is 8.09.